The van der Waals surface area contributed by atoms with Gasteiger partial charge in [0.2, 0.25) is 0 Å². The summed E-state index contributed by atoms with van der Waals surface area (Å²) < 4.78 is 0. The third-order valence-corrected chi connectivity index (χ3v) is 4.40. The molecule has 0 aromatic carbocycles. The van der Waals surface area contributed by atoms with Crippen molar-refractivity contribution in [2.24, 2.45) is 5.41 Å². The van der Waals surface area contributed by atoms with E-state index >= 15 is 0 Å². The third kappa shape index (κ3) is 3.06. The van der Waals surface area contributed by atoms with Crippen LogP contribution in [-0.4, -0.2) is 40.0 Å². The molecular weight excluding hydrogens is 268 g/mol. The van der Waals surface area contributed by atoms with Crippen LogP contribution in [-0.2, 0) is 4.79 Å². The van der Waals surface area contributed by atoms with E-state index in [1.165, 1.54) is 0 Å². The van der Waals surface area contributed by atoms with Crippen LogP contribution in [0.5, 0.6) is 0 Å². The van der Waals surface area contributed by atoms with Gasteiger partial charge in [-0.2, -0.15) is 0 Å². The second-order valence-electron chi connectivity index (χ2n) is 5.80. The highest BCUT2D eigenvalue weighted by atomic mass is 16.4. The van der Waals surface area contributed by atoms with E-state index in [4.69, 9.17) is 0 Å². The second-order valence-corrected chi connectivity index (χ2v) is 5.80. The first kappa shape index (κ1) is 15.5. The van der Waals surface area contributed by atoms with Crippen molar-refractivity contribution >= 4 is 11.9 Å². The molecule has 1 aliphatic rings. The fraction of sp³-hybridized carbons (Fsp3) is 0.562. The third-order valence-electron chi connectivity index (χ3n) is 4.40. The van der Waals surface area contributed by atoms with Crippen molar-refractivity contribution in [3.8, 4) is 0 Å². The smallest absolute Gasteiger partial charge is 0.309 e. The molecule has 0 saturated carbocycles. The molecule has 0 aliphatic carbocycles. The molecule has 1 fully saturated rings. The number of aliphatic carboxylic acids is 1. The molecule has 0 unspecified atom stereocenters. The summed E-state index contributed by atoms with van der Waals surface area (Å²) in [5.41, 5.74) is 0.659. The summed E-state index contributed by atoms with van der Waals surface area (Å²) in [6, 6.07) is 3.67. The number of carbonyl (C=O) groups is 2. The van der Waals surface area contributed by atoms with Gasteiger partial charge in [0.25, 0.3) is 5.91 Å². The molecule has 1 aromatic heterocycles. The van der Waals surface area contributed by atoms with Crippen LogP contribution < -0.4 is 0 Å². The summed E-state index contributed by atoms with van der Waals surface area (Å²) in [7, 11) is 0. The van der Waals surface area contributed by atoms with Crippen molar-refractivity contribution < 1.29 is 14.7 Å². The molecule has 1 amide bonds. The molecule has 0 spiro atoms. The summed E-state index contributed by atoms with van der Waals surface area (Å²) in [6.45, 7) is 4.84. The lowest BCUT2D eigenvalue weighted by atomic mass is 9.75. The van der Waals surface area contributed by atoms with Crippen LogP contribution in [0.3, 0.4) is 0 Å². The average molecular weight is 290 g/mol. The number of pyridine rings is 1. The Hall–Kier alpha value is -1.91. The number of carbonyl (C=O) groups excluding carboxylic acids is 1. The van der Waals surface area contributed by atoms with E-state index in [1.807, 2.05) is 19.9 Å². The van der Waals surface area contributed by atoms with Crippen molar-refractivity contribution in [3.63, 3.8) is 0 Å². The standard InChI is InChI=1S/C16H22N2O3/c1-3-6-16(15(20)21)7-10-18(11-8-16)14(19)13-12(2)5-4-9-17-13/h4-5,9H,3,6-8,10-11H2,1-2H3,(H,20,21). The van der Waals surface area contributed by atoms with Crippen LogP contribution in [0.4, 0.5) is 0 Å². The number of carboxylic acid groups (broad SMARTS) is 1. The minimum absolute atomic E-state index is 0.0939. The lowest BCUT2D eigenvalue weighted by Crippen LogP contribution is -2.46. The van der Waals surface area contributed by atoms with E-state index in [0.717, 1.165) is 12.0 Å². The van der Waals surface area contributed by atoms with Gasteiger partial charge >= 0.3 is 5.97 Å². The molecule has 0 radical (unpaired) electrons. The van der Waals surface area contributed by atoms with Gasteiger partial charge in [0.15, 0.2) is 0 Å². The summed E-state index contributed by atoms with van der Waals surface area (Å²) in [4.78, 5) is 29.9. The number of nitrogens with zero attached hydrogens (tertiary/aromatic N) is 2. The lowest BCUT2D eigenvalue weighted by Gasteiger charge is -2.38. The maximum absolute atomic E-state index is 12.5. The van der Waals surface area contributed by atoms with Crippen LogP contribution in [0, 0.1) is 12.3 Å². The summed E-state index contributed by atoms with van der Waals surface area (Å²) in [5.74, 6) is -0.825. The molecule has 5 nitrogen and oxygen atoms in total. The maximum atomic E-state index is 12.5. The molecule has 1 aliphatic heterocycles. The van der Waals surface area contributed by atoms with Gasteiger partial charge in [-0.15, -0.1) is 0 Å². The Bertz CT molecular complexity index is 534. The normalized spacial score (nSPS) is 17.5. The molecule has 5 heteroatoms. The number of amides is 1. The second kappa shape index (κ2) is 6.24. The number of hydrogen-bond acceptors (Lipinski definition) is 3. The van der Waals surface area contributed by atoms with Gasteiger partial charge in [-0.25, -0.2) is 0 Å². The molecule has 1 saturated heterocycles. The van der Waals surface area contributed by atoms with Crippen LogP contribution in [0.1, 0.15) is 48.7 Å². The summed E-state index contributed by atoms with van der Waals surface area (Å²) in [6.07, 6.45) is 4.18. The van der Waals surface area contributed by atoms with Crippen molar-refractivity contribution in [2.75, 3.05) is 13.1 Å². The first-order chi connectivity index (χ1) is 10.00. The molecule has 21 heavy (non-hydrogen) atoms. The summed E-state index contributed by atoms with van der Waals surface area (Å²) >= 11 is 0. The fourth-order valence-corrected chi connectivity index (χ4v) is 3.05. The highest BCUT2D eigenvalue weighted by Gasteiger charge is 2.41. The molecule has 114 valence electrons. The molecule has 2 heterocycles. The van der Waals surface area contributed by atoms with Gasteiger partial charge < -0.3 is 10.0 Å². The number of aromatic nitrogens is 1. The molecule has 0 atom stereocenters. The topological polar surface area (TPSA) is 70.5 Å². The molecule has 2 rings (SSSR count). The molecule has 1 N–H and O–H groups in total. The predicted molar refractivity (Wildman–Crippen MR) is 79.1 cm³/mol. The van der Waals surface area contributed by atoms with E-state index in [-0.39, 0.29) is 5.91 Å². The minimum Gasteiger partial charge on any atom is -0.481 e. The zero-order chi connectivity index (χ0) is 15.5. The SMILES string of the molecule is CCCC1(C(=O)O)CCN(C(=O)c2ncccc2C)CC1. The Balaban J connectivity index is 2.09. The molecule has 0 bridgehead atoms. The van der Waals surface area contributed by atoms with Gasteiger partial charge in [-0.1, -0.05) is 19.4 Å². The van der Waals surface area contributed by atoms with E-state index in [9.17, 15) is 14.7 Å². The Labute approximate surface area is 125 Å². The highest BCUT2D eigenvalue weighted by Crippen LogP contribution is 2.36. The van der Waals surface area contributed by atoms with Gasteiger partial charge in [-0.3, -0.25) is 14.6 Å². The monoisotopic (exact) mass is 290 g/mol. The average Bonchev–Trinajstić information content (AvgIpc) is 2.48. The lowest BCUT2D eigenvalue weighted by molar-refractivity contribution is -0.152. The van der Waals surface area contributed by atoms with Gasteiger partial charge in [-0.05, 0) is 37.8 Å². The Morgan fingerprint density at radius 2 is 2.05 bits per heavy atom. The largest absolute Gasteiger partial charge is 0.481 e. The van der Waals surface area contributed by atoms with E-state index in [2.05, 4.69) is 4.98 Å². The Morgan fingerprint density at radius 3 is 2.57 bits per heavy atom. The fourth-order valence-electron chi connectivity index (χ4n) is 3.05. The Kier molecular flexibility index (Phi) is 4.60. The minimum atomic E-state index is -0.731. The van der Waals surface area contributed by atoms with E-state index < -0.39 is 11.4 Å². The predicted octanol–water partition coefficient (Wildman–Crippen LogP) is 2.50. The zero-order valence-electron chi connectivity index (χ0n) is 12.6. The summed E-state index contributed by atoms with van der Waals surface area (Å²) in [5, 5.41) is 9.49. The zero-order valence-corrected chi connectivity index (χ0v) is 12.6. The van der Waals surface area contributed by atoms with Crippen molar-refractivity contribution in [1.82, 2.24) is 9.88 Å². The first-order valence-corrected chi connectivity index (χ1v) is 7.44. The number of piperidine rings is 1. The molecular formula is C16H22N2O3. The van der Waals surface area contributed by atoms with E-state index in [1.54, 1.807) is 17.2 Å². The van der Waals surface area contributed by atoms with Gasteiger partial charge in [0, 0.05) is 19.3 Å². The van der Waals surface area contributed by atoms with E-state index in [0.29, 0.717) is 38.0 Å². The number of carboxylic acids is 1. The highest BCUT2D eigenvalue weighted by molar-refractivity contribution is 5.93. The van der Waals surface area contributed by atoms with Crippen LogP contribution in [0.25, 0.3) is 0 Å². The number of likely N-dealkylation sites (tertiary alicyclic amines) is 1. The van der Waals surface area contributed by atoms with Crippen molar-refractivity contribution in [3.05, 3.63) is 29.6 Å². The number of aryl methyl sites for hydroxylation is 1. The van der Waals surface area contributed by atoms with Crippen LogP contribution >= 0.6 is 0 Å². The van der Waals surface area contributed by atoms with Crippen molar-refractivity contribution in [1.29, 1.82) is 0 Å². The maximum Gasteiger partial charge on any atom is 0.309 e. The Morgan fingerprint density at radius 1 is 1.38 bits per heavy atom. The number of hydrogen-bond donors (Lipinski definition) is 1. The quantitative estimate of drug-likeness (QED) is 0.925. The number of rotatable bonds is 4. The first-order valence-electron chi connectivity index (χ1n) is 7.44. The van der Waals surface area contributed by atoms with Gasteiger partial charge in [0.05, 0.1) is 5.41 Å². The molecule has 1 aromatic rings. The van der Waals surface area contributed by atoms with Crippen molar-refractivity contribution in [2.45, 2.75) is 39.5 Å². The van der Waals surface area contributed by atoms with Gasteiger partial charge in [0.1, 0.15) is 5.69 Å². The van der Waals surface area contributed by atoms with Crippen LogP contribution in [0.2, 0.25) is 0 Å². The van der Waals surface area contributed by atoms with Crippen LogP contribution in [0.15, 0.2) is 18.3 Å².